The van der Waals surface area contributed by atoms with Crippen LogP contribution in [0.15, 0.2) is 12.3 Å². The molecule has 1 heterocycles. The molecule has 1 aliphatic carbocycles. The Morgan fingerprint density at radius 3 is 2.89 bits per heavy atom. The van der Waals surface area contributed by atoms with Crippen LogP contribution in [0, 0.1) is 5.41 Å². The molecule has 18 heavy (non-hydrogen) atoms. The first-order valence-electron chi connectivity index (χ1n) is 5.72. The quantitative estimate of drug-likeness (QED) is 0.704. The van der Waals surface area contributed by atoms with Gasteiger partial charge in [-0.05, 0) is 12.5 Å². The van der Waals surface area contributed by atoms with Crippen LogP contribution in [0.2, 0.25) is 5.15 Å². The van der Waals surface area contributed by atoms with Crippen molar-refractivity contribution in [2.24, 2.45) is 5.41 Å². The van der Waals surface area contributed by atoms with Crippen LogP contribution in [0.1, 0.15) is 30.6 Å². The van der Waals surface area contributed by atoms with Gasteiger partial charge in [0.1, 0.15) is 5.15 Å². The molecular weight excluding hydrogens is 254 g/mol. The van der Waals surface area contributed by atoms with E-state index in [0.29, 0.717) is 12.0 Å². The van der Waals surface area contributed by atoms with Crippen molar-refractivity contribution < 1.29 is 9.90 Å². The molecule has 0 saturated heterocycles. The average Bonchev–Trinajstić information content (AvgIpc) is 2.31. The summed E-state index contributed by atoms with van der Waals surface area (Å²) in [5.74, 6) is -0.290. The number of aliphatic hydroxyl groups excluding tert-OH is 1. The Hall–Kier alpha value is -1.33. The fourth-order valence-electron chi connectivity index (χ4n) is 2.02. The lowest BCUT2D eigenvalue weighted by molar-refractivity contribution is -0.0689. The van der Waals surface area contributed by atoms with Gasteiger partial charge in [-0.2, -0.15) is 0 Å². The number of carbonyl (C=O) groups is 1. The van der Waals surface area contributed by atoms with E-state index in [1.165, 1.54) is 12.3 Å². The van der Waals surface area contributed by atoms with Crippen LogP contribution in [0.3, 0.4) is 0 Å². The summed E-state index contributed by atoms with van der Waals surface area (Å²) in [5, 5.41) is 12.7. The molecule has 0 radical (unpaired) electrons. The summed E-state index contributed by atoms with van der Waals surface area (Å²) in [5.41, 5.74) is 5.97. The number of rotatable bonds is 2. The summed E-state index contributed by atoms with van der Waals surface area (Å²) in [4.78, 5) is 15.9. The van der Waals surface area contributed by atoms with Gasteiger partial charge in [-0.1, -0.05) is 25.4 Å². The van der Waals surface area contributed by atoms with Crippen LogP contribution >= 0.6 is 11.6 Å². The number of nitrogens with zero attached hydrogens (tertiary/aromatic N) is 1. The average molecular weight is 270 g/mol. The van der Waals surface area contributed by atoms with E-state index in [4.69, 9.17) is 17.3 Å². The van der Waals surface area contributed by atoms with Gasteiger partial charge < -0.3 is 16.2 Å². The molecule has 1 aromatic rings. The number of nitrogens with one attached hydrogen (secondary N) is 1. The smallest absolute Gasteiger partial charge is 0.253 e. The number of nitrogens with two attached hydrogens (primary N) is 1. The number of pyridine rings is 1. The Kier molecular flexibility index (Phi) is 3.21. The lowest BCUT2D eigenvalue weighted by Gasteiger charge is -2.49. The van der Waals surface area contributed by atoms with Gasteiger partial charge in [0.2, 0.25) is 0 Å². The van der Waals surface area contributed by atoms with Crippen molar-refractivity contribution in [3.05, 3.63) is 23.0 Å². The number of aromatic nitrogens is 1. The fraction of sp³-hybridized carbons (Fsp3) is 0.500. The van der Waals surface area contributed by atoms with Crippen molar-refractivity contribution in [3.8, 4) is 0 Å². The van der Waals surface area contributed by atoms with Gasteiger partial charge in [0, 0.05) is 11.5 Å². The van der Waals surface area contributed by atoms with Crippen LogP contribution in [-0.2, 0) is 0 Å². The fourth-order valence-corrected chi connectivity index (χ4v) is 2.18. The molecule has 0 aromatic carbocycles. The first-order valence-corrected chi connectivity index (χ1v) is 6.10. The third kappa shape index (κ3) is 2.15. The Balaban J connectivity index is 2.12. The van der Waals surface area contributed by atoms with E-state index in [-0.39, 0.29) is 34.3 Å². The maximum Gasteiger partial charge on any atom is 0.253 e. The molecule has 1 fully saturated rings. The van der Waals surface area contributed by atoms with Gasteiger partial charge in [0.15, 0.2) is 0 Å². The van der Waals surface area contributed by atoms with Crippen molar-refractivity contribution in [3.63, 3.8) is 0 Å². The number of aliphatic hydroxyl groups is 1. The highest BCUT2D eigenvalue weighted by Gasteiger charge is 2.48. The Labute approximate surface area is 110 Å². The lowest BCUT2D eigenvalue weighted by atomic mass is 9.64. The first-order chi connectivity index (χ1) is 8.32. The van der Waals surface area contributed by atoms with Gasteiger partial charge in [0.25, 0.3) is 5.91 Å². The van der Waals surface area contributed by atoms with Gasteiger partial charge in [0.05, 0.1) is 23.6 Å². The summed E-state index contributed by atoms with van der Waals surface area (Å²) in [6, 6.07) is 1.38. The molecule has 2 atom stereocenters. The van der Waals surface area contributed by atoms with E-state index in [9.17, 15) is 9.90 Å². The van der Waals surface area contributed by atoms with Crippen molar-refractivity contribution >= 4 is 23.2 Å². The predicted molar refractivity (Wildman–Crippen MR) is 69.3 cm³/mol. The van der Waals surface area contributed by atoms with Crippen LogP contribution in [0.25, 0.3) is 0 Å². The van der Waals surface area contributed by atoms with Crippen molar-refractivity contribution in [1.29, 1.82) is 0 Å². The summed E-state index contributed by atoms with van der Waals surface area (Å²) in [6.45, 7) is 3.82. The first kappa shape index (κ1) is 13.1. The second kappa shape index (κ2) is 4.40. The zero-order valence-electron chi connectivity index (χ0n) is 10.3. The molecule has 5 nitrogen and oxygen atoms in total. The summed E-state index contributed by atoms with van der Waals surface area (Å²) in [6.07, 6.45) is 1.52. The molecule has 2 rings (SSSR count). The molecule has 0 aliphatic heterocycles. The normalized spacial score (nSPS) is 25.3. The monoisotopic (exact) mass is 269 g/mol. The highest BCUT2D eigenvalue weighted by molar-refractivity contribution is 6.29. The maximum atomic E-state index is 12.1. The molecule has 1 aliphatic rings. The number of nitrogen functional groups attached to an aromatic ring is 1. The zero-order chi connectivity index (χ0) is 13.5. The SMILES string of the molecule is CC1(C)C(O)CC1NC(=O)c1cc(Cl)ncc1N. The molecule has 98 valence electrons. The summed E-state index contributed by atoms with van der Waals surface area (Å²) < 4.78 is 0. The summed E-state index contributed by atoms with van der Waals surface area (Å²) >= 11 is 5.74. The van der Waals surface area contributed by atoms with E-state index in [1.54, 1.807) is 0 Å². The number of halogens is 1. The molecule has 1 aromatic heterocycles. The van der Waals surface area contributed by atoms with Gasteiger partial charge >= 0.3 is 0 Å². The molecule has 1 amide bonds. The lowest BCUT2D eigenvalue weighted by Crippen LogP contribution is -2.61. The van der Waals surface area contributed by atoms with Gasteiger partial charge in [-0.15, -0.1) is 0 Å². The highest BCUT2D eigenvalue weighted by Crippen LogP contribution is 2.40. The molecule has 0 spiro atoms. The number of hydrogen-bond acceptors (Lipinski definition) is 4. The number of carbonyl (C=O) groups excluding carboxylic acids is 1. The van der Waals surface area contributed by atoms with E-state index in [0.717, 1.165) is 0 Å². The second-order valence-corrected chi connectivity index (χ2v) is 5.58. The second-order valence-electron chi connectivity index (χ2n) is 5.19. The van der Waals surface area contributed by atoms with Crippen LogP contribution in [0.4, 0.5) is 5.69 Å². The standard InChI is InChI=1S/C12H16ClN3O2/c1-12(2)8(4-9(12)17)16-11(18)6-3-10(13)15-5-7(6)14/h3,5,8-9,17H,4,14H2,1-2H3,(H,16,18). The number of amides is 1. The number of anilines is 1. The summed E-state index contributed by atoms with van der Waals surface area (Å²) in [7, 11) is 0. The molecule has 6 heteroatoms. The molecule has 4 N–H and O–H groups in total. The molecule has 0 bridgehead atoms. The van der Waals surface area contributed by atoms with E-state index in [1.807, 2.05) is 13.8 Å². The largest absolute Gasteiger partial charge is 0.397 e. The zero-order valence-corrected chi connectivity index (χ0v) is 11.0. The Bertz CT molecular complexity index is 490. The Morgan fingerprint density at radius 1 is 1.67 bits per heavy atom. The van der Waals surface area contributed by atoms with Crippen molar-refractivity contribution in [2.75, 3.05) is 5.73 Å². The van der Waals surface area contributed by atoms with Crippen molar-refractivity contribution in [1.82, 2.24) is 10.3 Å². The highest BCUT2D eigenvalue weighted by atomic mass is 35.5. The van der Waals surface area contributed by atoms with Crippen molar-refractivity contribution in [2.45, 2.75) is 32.4 Å². The third-order valence-electron chi connectivity index (χ3n) is 3.67. The minimum atomic E-state index is -0.388. The third-order valence-corrected chi connectivity index (χ3v) is 3.87. The van der Waals surface area contributed by atoms with Gasteiger partial charge in [-0.3, -0.25) is 4.79 Å². The number of hydrogen-bond donors (Lipinski definition) is 3. The Morgan fingerprint density at radius 2 is 2.33 bits per heavy atom. The van der Waals surface area contributed by atoms with Crippen LogP contribution in [-0.4, -0.2) is 28.1 Å². The minimum Gasteiger partial charge on any atom is -0.397 e. The predicted octanol–water partition coefficient (Wildman–Crippen LogP) is 1.21. The molecule has 2 unspecified atom stereocenters. The van der Waals surface area contributed by atoms with Gasteiger partial charge in [-0.25, -0.2) is 4.98 Å². The van der Waals surface area contributed by atoms with E-state index in [2.05, 4.69) is 10.3 Å². The van der Waals surface area contributed by atoms with Crippen LogP contribution in [0.5, 0.6) is 0 Å². The maximum absolute atomic E-state index is 12.1. The topological polar surface area (TPSA) is 88.2 Å². The minimum absolute atomic E-state index is 0.0636. The molecular formula is C12H16ClN3O2. The van der Waals surface area contributed by atoms with Crippen LogP contribution < -0.4 is 11.1 Å². The van der Waals surface area contributed by atoms with E-state index >= 15 is 0 Å². The van der Waals surface area contributed by atoms with E-state index < -0.39 is 0 Å². The molecule has 1 saturated carbocycles.